The molecule has 6 aliphatic heterocycles. The van der Waals surface area contributed by atoms with Crippen LogP contribution in [0.25, 0.3) is 0 Å². The molecule has 6 fully saturated rings. The molecule has 0 aromatic heterocycles. The third-order valence-electron chi connectivity index (χ3n) is 10.7. The Kier molecular flexibility index (Phi) is 13.6. The van der Waals surface area contributed by atoms with Crippen LogP contribution in [0.3, 0.4) is 0 Å². The predicted molar refractivity (Wildman–Crippen MR) is 194 cm³/mol. The van der Waals surface area contributed by atoms with Crippen molar-refractivity contribution in [1.29, 1.82) is 0 Å². The summed E-state index contributed by atoms with van der Waals surface area (Å²) in [6, 6.07) is -0.774. The minimum atomic E-state index is -0.842. The molecule has 0 aromatic rings. The summed E-state index contributed by atoms with van der Waals surface area (Å²) < 4.78 is 73.5. The van der Waals surface area contributed by atoms with Gasteiger partial charge in [0.15, 0.2) is 35.7 Å². The normalized spacial score (nSPS) is 37.3. The molecule has 0 bridgehead atoms. The van der Waals surface area contributed by atoms with E-state index in [-0.39, 0.29) is 36.9 Å². The van der Waals surface area contributed by atoms with E-state index in [2.05, 4.69) is 10.6 Å². The molecule has 0 spiro atoms. The van der Waals surface area contributed by atoms with Crippen LogP contribution in [0.5, 0.6) is 0 Å². The maximum Gasteiger partial charge on any atom is 0.307 e. The number of esters is 2. The van der Waals surface area contributed by atoms with Crippen molar-refractivity contribution in [1.82, 2.24) is 10.6 Å². The van der Waals surface area contributed by atoms with Crippen molar-refractivity contribution in [2.24, 2.45) is 0 Å². The van der Waals surface area contributed by atoms with Crippen LogP contribution in [0.4, 0.5) is 0 Å². The Morgan fingerprint density at radius 3 is 1.20 bits per heavy atom. The fraction of sp³-hybridized carbons (Fsp3) is 0.949. The molecule has 16 nitrogen and oxygen atoms in total. The number of hydrogen-bond acceptors (Lipinski definition) is 16. The number of ether oxygens (including phenoxy) is 12. The molecule has 55 heavy (non-hydrogen) atoms. The largest absolute Gasteiger partial charge is 0.466 e. The molecule has 6 rings (SSSR count). The lowest BCUT2D eigenvalue weighted by Gasteiger charge is -2.41. The smallest absolute Gasteiger partial charge is 0.307 e. The van der Waals surface area contributed by atoms with E-state index in [1.165, 1.54) is 0 Å². The minimum absolute atomic E-state index is 0.116. The summed E-state index contributed by atoms with van der Waals surface area (Å²) in [4.78, 5) is 25.5. The van der Waals surface area contributed by atoms with Crippen LogP contribution < -0.4 is 10.6 Å². The van der Waals surface area contributed by atoms with Gasteiger partial charge in [-0.2, -0.15) is 0 Å². The van der Waals surface area contributed by atoms with E-state index in [0.717, 1.165) is 32.1 Å². The van der Waals surface area contributed by atoms with E-state index < -0.39 is 84.6 Å². The second-order valence-corrected chi connectivity index (χ2v) is 17.2. The van der Waals surface area contributed by atoms with Crippen LogP contribution in [0.2, 0.25) is 0 Å². The van der Waals surface area contributed by atoms with Gasteiger partial charge in [-0.1, -0.05) is 19.3 Å². The molecule has 0 unspecified atom stereocenters. The van der Waals surface area contributed by atoms with Crippen molar-refractivity contribution < 1.29 is 66.4 Å². The lowest BCUT2D eigenvalue weighted by molar-refractivity contribution is -0.240. The molecule has 316 valence electrons. The second-order valence-electron chi connectivity index (χ2n) is 17.2. The third kappa shape index (κ3) is 10.6. The van der Waals surface area contributed by atoms with Crippen LogP contribution in [0, 0.1) is 0 Å². The van der Waals surface area contributed by atoms with Gasteiger partial charge >= 0.3 is 11.9 Å². The quantitative estimate of drug-likeness (QED) is 0.153. The molecule has 0 radical (unpaired) electrons. The van der Waals surface area contributed by atoms with Crippen molar-refractivity contribution >= 4 is 11.9 Å². The highest BCUT2D eigenvalue weighted by Crippen LogP contribution is 2.46. The van der Waals surface area contributed by atoms with Gasteiger partial charge in [-0.05, 0) is 95.2 Å². The number of rotatable bonds is 18. The number of carbonyl (C=O) groups excluding carboxylic acids is 2. The molecule has 2 N–H and O–H groups in total. The van der Waals surface area contributed by atoms with Gasteiger partial charge in [0.05, 0.1) is 26.1 Å². The highest BCUT2D eigenvalue weighted by Gasteiger charge is 2.63. The summed E-state index contributed by atoms with van der Waals surface area (Å²) in [5.41, 5.74) is 0. The molecule has 6 saturated heterocycles. The molecular formula is C39H66N2O14. The van der Waals surface area contributed by atoms with Crippen molar-refractivity contribution in [2.45, 2.75) is 211 Å². The number of fused-ring (bicyclic) bond motifs is 6. The van der Waals surface area contributed by atoms with Crippen LogP contribution in [-0.4, -0.2) is 135 Å². The van der Waals surface area contributed by atoms with Gasteiger partial charge < -0.3 is 67.5 Å². The first-order chi connectivity index (χ1) is 25.9. The first-order valence-corrected chi connectivity index (χ1v) is 20.4. The number of nitrogens with one attached hydrogen (secondary N) is 2. The Labute approximate surface area is 325 Å². The Balaban J connectivity index is 0.990. The summed E-state index contributed by atoms with van der Waals surface area (Å²) in [6.07, 6.45) is 0.00640. The summed E-state index contributed by atoms with van der Waals surface area (Å²) in [5.74, 6) is -3.98. The summed E-state index contributed by atoms with van der Waals surface area (Å²) in [7, 11) is 0. The summed E-state index contributed by atoms with van der Waals surface area (Å²) in [6.45, 7) is 20.4. The van der Waals surface area contributed by atoms with Crippen molar-refractivity contribution in [3.8, 4) is 0 Å². The Morgan fingerprint density at radius 2 is 0.818 bits per heavy atom. The molecule has 0 saturated carbocycles. The number of hydrogen-bond donors (Lipinski definition) is 2. The van der Waals surface area contributed by atoms with Crippen molar-refractivity contribution in [3.05, 3.63) is 0 Å². The van der Waals surface area contributed by atoms with E-state index in [1.807, 2.05) is 55.4 Å². The first-order valence-electron chi connectivity index (χ1n) is 20.4. The van der Waals surface area contributed by atoms with Crippen LogP contribution in [0.1, 0.15) is 114 Å². The molecule has 0 aliphatic carbocycles. The Hall–Kier alpha value is -1.54. The van der Waals surface area contributed by atoms with E-state index in [9.17, 15) is 9.59 Å². The van der Waals surface area contributed by atoms with Crippen molar-refractivity contribution in [2.75, 3.05) is 26.3 Å². The standard InChI is InChI=1S/C39H66N2O14/c1-11-44-24(42)20-22(26-28-30(50-36(3,4)48-28)32-34(46-26)54-38(7,8)52-32)40-18-16-14-13-15-17-19-41-23(21-25(43)45-12-2)27-29-31(51-37(5,6)49-29)33-35(47-27)55-39(9,10)53-33/h22-23,26-35,40-41H,11-21H2,1-10H3/t22-,23+,26-,27-,28+,29+,30+,31+,32-,33-,34-,35-/m1/s1. The maximum atomic E-state index is 12.8. The number of unbranched alkanes of at least 4 members (excludes halogenated alkanes) is 4. The molecule has 6 heterocycles. The highest BCUT2D eigenvalue weighted by atomic mass is 16.9. The van der Waals surface area contributed by atoms with Gasteiger partial charge in [0, 0.05) is 12.1 Å². The minimum Gasteiger partial charge on any atom is -0.466 e. The van der Waals surface area contributed by atoms with Gasteiger partial charge in [0.1, 0.15) is 48.8 Å². The second kappa shape index (κ2) is 17.4. The van der Waals surface area contributed by atoms with Crippen LogP contribution >= 0.6 is 0 Å². The van der Waals surface area contributed by atoms with Crippen LogP contribution in [0.15, 0.2) is 0 Å². The SMILES string of the molecule is CCOC(=O)C[C@H](NCCCCCCCN[C@H](CC(=O)OCC)[C@H]1O[C@@H]2OC(C)(C)O[C@@H]2[C@H]2OC(C)(C)O[C@H]21)[C@H]1O[C@@H]2OC(C)(C)O[C@@H]2[C@H]2OC(C)(C)O[C@H]21. The molecule has 12 atom stereocenters. The topological polar surface area (TPSA) is 169 Å². The van der Waals surface area contributed by atoms with E-state index >= 15 is 0 Å². The third-order valence-corrected chi connectivity index (χ3v) is 10.7. The average molecular weight is 787 g/mol. The zero-order valence-corrected chi connectivity index (χ0v) is 34.4. The van der Waals surface area contributed by atoms with E-state index in [1.54, 1.807) is 13.8 Å². The lowest BCUT2D eigenvalue weighted by atomic mass is 9.92. The molecular weight excluding hydrogens is 720 g/mol. The lowest BCUT2D eigenvalue weighted by Crippen LogP contribution is -2.61. The fourth-order valence-electron chi connectivity index (χ4n) is 8.70. The maximum absolute atomic E-state index is 12.8. The Bertz CT molecular complexity index is 1220. The zero-order valence-electron chi connectivity index (χ0n) is 34.4. The summed E-state index contributed by atoms with van der Waals surface area (Å²) >= 11 is 0. The number of carbonyl (C=O) groups is 2. The van der Waals surface area contributed by atoms with E-state index in [0.29, 0.717) is 26.3 Å². The van der Waals surface area contributed by atoms with Gasteiger partial charge in [-0.25, -0.2) is 0 Å². The molecule has 6 aliphatic rings. The zero-order chi connectivity index (χ0) is 39.8. The average Bonchev–Trinajstić information content (AvgIpc) is 3.78. The predicted octanol–water partition coefficient (Wildman–Crippen LogP) is 3.55. The van der Waals surface area contributed by atoms with Gasteiger partial charge in [-0.3, -0.25) is 9.59 Å². The van der Waals surface area contributed by atoms with Crippen LogP contribution in [-0.2, 0) is 66.4 Å². The van der Waals surface area contributed by atoms with Gasteiger partial charge in [0.2, 0.25) is 0 Å². The molecule has 0 aromatic carbocycles. The first kappa shape index (κ1) is 43.0. The molecule has 0 amide bonds. The highest BCUT2D eigenvalue weighted by molar-refractivity contribution is 5.70. The van der Waals surface area contributed by atoms with Crippen molar-refractivity contribution in [3.63, 3.8) is 0 Å². The monoisotopic (exact) mass is 786 g/mol. The fourth-order valence-corrected chi connectivity index (χ4v) is 8.70. The van der Waals surface area contributed by atoms with Gasteiger partial charge in [-0.15, -0.1) is 0 Å². The van der Waals surface area contributed by atoms with E-state index in [4.69, 9.17) is 56.8 Å². The summed E-state index contributed by atoms with van der Waals surface area (Å²) in [5, 5.41) is 7.15. The van der Waals surface area contributed by atoms with Gasteiger partial charge in [0.25, 0.3) is 0 Å². The Morgan fingerprint density at radius 1 is 0.491 bits per heavy atom. The molecule has 16 heteroatoms.